The van der Waals surface area contributed by atoms with Crippen molar-refractivity contribution in [2.75, 3.05) is 0 Å². The molecular formula is C4H8N6O3. The molecule has 0 aromatic carbocycles. The minimum atomic E-state index is -0.333. The molecule has 0 atom stereocenters. The number of rotatable bonds is 0. The second-order valence-corrected chi connectivity index (χ2v) is 0.755. The van der Waals surface area contributed by atoms with Crippen LogP contribution < -0.4 is 11.5 Å². The van der Waals surface area contributed by atoms with Crippen molar-refractivity contribution in [1.29, 1.82) is 21.2 Å². The first-order chi connectivity index (χ1) is 5.97. The van der Waals surface area contributed by atoms with Crippen molar-refractivity contribution >= 4 is 5.96 Å². The van der Waals surface area contributed by atoms with E-state index in [1.807, 2.05) is 0 Å². The van der Waals surface area contributed by atoms with Crippen LogP contribution in [-0.2, 0) is 0 Å². The molecule has 0 heterocycles. The van der Waals surface area contributed by atoms with E-state index in [1.165, 1.54) is 0 Å². The summed E-state index contributed by atoms with van der Waals surface area (Å²) in [5, 5.41) is 47.3. The Morgan fingerprint density at radius 3 is 0.923 bits per heavy atom. The number of aliphatic hydroxyl groups excluding tert-OH is 3. The van der Waals surface area contributed by atoms with Crippen LogP contribution >= 0.6 is 0 Å². The zero-order valence-corrected chi connectivity index (χ0v) is 6.34. The van der Waals surface area contributed by atoms with Gasteiger partial charge in [0, 0.05) is 0 Å². The van der Waals surface area contributed by atoms with Crippen LogP contribution in [0.4, 0.5) is 0 Å². The molecule has 0 rings (SSSR count). The van der Waals surface area contributed by atoms with E-state index in [-0.39, 0.29) is 5.96 Å². The molecule has 0 fully saturated rings. The first-order valence-electron chi connectivity index (χ1n) is 2.17. The molecule has 0 amide bonds. The van der Waals surface area contributed by atoms with Gasteiger partial charge in [-0.1, -0.05) is 0 Å². The van der Waals surface area contributed by atoms with E-state index >= 15 is 0 Å². The Morgan fingerprint density at radius 1 is 0.923 bits per heavy atom. The molecule has 0 unspecified atom stereocenters. The zero-order chi connectivity index (χ0) is 11.7. The molecule has 8 N–H and O–H groups in total. The van der Waals surface area contributed by atoms with E-state index < -0.39 is 0 Å². The molecule has 9 heteroatoms. The van der Waals surface area contributed by atoms with E-state index in [0.717, 1.165) is 18.8 Å². The number of nitriles is 3. The van der Waals surface area contributed by atoms with Crippen LogP contribution in [0.5, 0.6) is 0 Å². The predicted molar refractivity (Wildman–Crippen MR) is 38.7 cm³/mol. The van der Waals surface area contributed by atoms with Gasteiger partial charge in [0.1, 0.15) is 0 Å². The summed E-state index contributed by atoms with van der Waals surface area (Å²) in [5.41, 5.74) is 8.94. The number of hydrogen-bond donors (Lipinski definition) is 6. The van der Waals surface area contributed by atoms with Crippen LogP contribution in [0.2, 0.25) is 0 Å². The molecular weight excluding hydrogens is 180 g/mol. The third-order valence-electron chi connectivity index (χ3n) is 0. The van der Waals surface area contributed by atoms with Gasteiger partial charge in [0.25, 0.3) is 18.8 Å². The van der Waals surface area contributed by atoms with Crippen molar-refractivity contribution in [3.05, 3.63) is 0 Å². The molecule has 0 radical (unpaired) electrons. The average molecular weight is 188 g/mol. The van der Waals surface area contributed by atoms with Gasteiger partial charge in [-0.3, -0.25) is 5.41 Å². The first kappa shape index (κ1) is 22.5. The number of aliphatic hydroxyl groups is 3. The van der Waals surface area contributed by atoms with Crippen molar-refractivity contribution in [3.63, 3.8) is 0 Å². The Bertz CT molecular complexity index is 175. The fourth-order valence-corrected chi connectivity index (χ4v) is 0. The quantitative estimate of drug-likeness (QED) is 0.147. The summed E-state index contributed by atoms with van der Waals surface area (Å²) in [4.78, 5) is 0. The Morgan fingerprint density at radius 2 is 0.923 bits per heavy atom. The van der Waals surface area contributed by atoms with Crippen LogP contribution in [0.25, 0.3) is 0 Å². The fourth-order valence-electron chi connectivity index (χ4n) is 0. The average Bonchev–Trinajstić information content (AvgIpc) is 1.88. The van der Waals surface area contributed by atoms with Gasteiger partial charge < -0.3 is 26.8 Å². The molecule has 0 spiro atoms. The smallest absolute Gasteiger partial charge is 0.283 e. The molecule has 0 aliphatic rings. The first-order valence-corrected chi connectivity index (χ1v) is 2.17. The third-order valence-corrected chi connectivity index (χ3v) is 0. The van der Waals surface area contributed by atoms with Gasteiger partial charge in [0.05, 0.1) is 0 Å². The van der Waals surface area contributed by atoms with Crippen LogP contribution in [0, 0.1) is 40.0 Å². The minimum absolute atomic E-state index is 0.333. The van der Waals surface area contributed by atoms with E-state index in [2.05, 4.69) is 11.5 Å². The van der Waals surface area contributed by atoms with Crippen LogP contribution in [0.3, 0.4) is 0 Å². The highest BCUT2D eigenvalue weighted by atomic mass is 16.2. The summed E-state index contributed by atoms with van der Waals surface area (Å²) in [6.07, 6.45) is 2.25. The highest BCUT2D eigenvalue weighted by molar-refractivity contribution is 5.71. The van der Waals surface area contributed by atoms with Gasteiger partial charge >= 0.3 is 0 Å². The van der Waals surface area contributed by atoms with E-state index in [4.69, 9.17) is 36.5 Å². The minimum Gasteiger partial charge on any atom is -0.443 e. The lowest BCUT2D eigenvalue weighted by Gasteiger charge is -1.69. The van der Waals surface area contributed by atoms with E-state index in [0.29, 0.717) is 0 Å². The van der Waals surface area contributed by atoms with Gasteiger partial charge in [0.2, 0.25) is 0 Å². The van der Waals surface area contributed by atoms with Gasteiger partial charge in [-0.05, 0) is 0 Å². The van der Waals surface area contributed by atoms with Crippen molar-refractivity contribution < 1.29 is 15.3 Å². The van der Waals surface area contributed by atoms with Gasteiger partial charge in [0.15, 0.2) is 5.96 Å². The SMILES string of the molecule is N#CO.N#CO.N#CO.N=C(N)N. The lowest BCUT2D eigenvalue weighted by atomic mass is 11.1. The zero-order valence-electron chi connectivity index (χ0n) is 6.34. The Kier molecular flexibility index (Phi) is 106. The topological polar surface area (TPSA) is 208 Å². The van der Waals surface area contributed by atoms with Gasteiger partial charge in [-0.25, -0.2) is 0 Å². The predicted octanol–water partition coefficient (Wildman–Crippen LogP) is -1.64. The lowest BCUT2D eigenvalue weighted by Crippen LogP contribution is -2.20. The summed E-state index contributed by atoms with van der Waals surface area (Å²) in [6.45, 7) is 0. The number of nitrogens with two attached hydrogens (primary N) is 2. The third kappa shape index (κ3) is 57.0. The van der Waals surface area contributed by atoms with E-state index in [1.54, 1.807) is 0 Å². The standard InChI is InChI=1S/CH5N3.3CHNO/c2-1(3)4;3*2-1-3/h(H5,2,3,4);3*3H. The van der Waals surface area contributed by atoms with Crippen molar-refractivity contribution in [2.45, 2.75) is 0 Å². The summed E-state index contributed by atoms with van der Waals surface area (Å²) in [7, 11) is 0. The van der Waals surface area contributed by atoms with Crippen LogP contribution in [0.1, 0.15) is 0 Å². The molecule has 0 bridgehead atoms. The number of nitrogens with one attached hydrogen (secondary N) is 1. The molecule has 0 aliphatic heterocycles. The van der Waals surface area contributed by atoms with Crippen LogP contribution in [0.15, 0.2) is 0 Å². The maximum absolute atomic E-state index is 6.88. The summed E-state index contributed by atoms with van der Waals surface area (Å²) in [5.74, 6) is -0.333. The second-order valence-electron chi connectivity index (χ2n) is 0.755. The molecule has 0 aromatic rings. The maximum atomic E-state index is 6.88. The van der Waals surface area contributed by atoms with E-state index in [9.17, 15) is 0 Å². The normalized spacial score (nSPS) is 3.46. The molecule has 0 saturated carbocycles. The van der Waals surface area contributed by atoms with Gasteiger partial charge in [-0.2, -0.15) is 15.8 Å². The molecule has 9 nitrogen and oxygen atoms in total. The Labute approximate surface area is 73.8 Å². The summed E-state index contributed by atoms with van der Waals surface area (Å²) in [6, 6.07) is 0. The molecule has 72 valence electrons. The molecule has 13 heavy (non-hydrogen) atoms. The highest BCUT2D eigenvalue weighted by Gasteiger charge is 1.52. The molecule has 0 aromatic heterocycles. The largest absolute Gasteiger partial charge is 0.443 e. The van der Waals surface area contributed by atoms with Crippen LogP contribution in [-0.4, -0.2) is 21.3 Å². The number of nitrogens with zero attached hydrogens (tertiary/aromatic N) is 3. The summed E-state index contributed by atoms with van der Waals surface area (Å²) >= 11 is 0. The number of guanidine groups is 1. The van der Waals surface area contributed by atoms with Crippen molar-refractivity contribution in [3.8, 4) is 18.8 Å². The lowest BCUT2D eigenvalue weighted by molar-refractivity contribution is 0.502. The van der Waals surface area contributed by atoms with Crippen molar-refractivity contribution in [1.82, 2.24) is 0 Å². The van der Waals surface area contributed by atoms with Gasteiger partial charge in [-0.15, -0.1) is 0 Å². The Balaban J connectivity index is -0.0000000420. The summed E-state index contributed by atoms with van der Waals surface area (Å²) < 4.78 is 0. The Hall–Kier alpha value is -2.86. The fraction of sp³-hybridized carbons (Fsp3) is 0. The second kappa shape index (κ2) is 61.4. The monoisotopic (exact) mass is 188 g/mol. The molecule has 0 aliphatic carbocycles. The number of hydrogen-bond acceptors (Lipinski definition) is 7. The maximum Gasteiger partial charge on any atom is 0.283 e. The molecule has 0 saturated heterocycles. The highest BCUT2D eigenvalue weighted by Crippen LogP contribution is 1.13. The van der Waals surface area contributed by atoms with Crippen molar-refractivity contribution in [2.24, 2.45) is 11.5 Å².